The minimum absolute atomic E-state index is 0.587. The van der Waals surface area contributed by atoms with Crippen molar-refractivity contribution in [2.24, 2.45) is 0 Å². The van der Waals surface area contributed by atoms with Crippen LogP contribution in [-0.2, 0) is 11.2 Å². The zero-order chi connectivity index (χ0) is 13.8. The molecule has 1 N–H and O–H groups in total. The molecule has 0 amide bonds. The summed E-state index contributed by atoms with van der Waals surface area (Å²) in [6, 6.07) is 10.2. The van der Waals surface area contributed by atoms with Crippen LogP contribution in [0.1, 0.15) is 36.4 Å². The lowest BCUT2D eigenvalue weighted by Crippen LogP contribution is -2.40. The minimum Gasteiger partial charge on any atom is -0.383 e. The molecule has 0 spiro atoms. The van der Waals surface area contributed by atoms with Crippen molar-refractivity contribution in [3.05, 3.63) is 35.4 Å². The van der Waals surface area contributed by atoms with Crippen LogP contribution in [-0.4, -0.2) is 44.3 Å². The van der Waals surface area contributed by atoms with Crippen LogP contribution in [0.15, 0.2) is 24.3 Å². The number of ether oxygens (including phenoxy) is 1. The molecule has 2 atom stereocenters. The summed E-state index contributed by atoms with van der Waals surface area (Å²) >= 11 is 0. The van der Waals surface area contributed by atoms with Gasteiger partial charge in [-0.2, -0.15) is 0 Å². The molecule has 1 heterocycles. The van der Waals surface area contributed by atoms with Crippen molar-refractivity contribution in [3.8, 4) is 0 Å². The average molecular weight is 274 g/mol. The van der Waals surface area contributed by atoms with Crippen LogP contribution in [0.25, 0.3) is 0 Å². The number of methoxy groups -OCH3 is 1. The van der Waals surface area contributed by atoms with Gasteiger partial charge in [-0.1, -0.05) is 24.3 Å². The molecule has 1 aliphatic carbocycles. The summed E-state index contributed by atoms with van der Waals surface area (Å²) in [5.41, 5.74) is 3.08. The number of hydrogen-bond acceptors (Lipinski definition) is 3. The highest BCUT2D eigenvalue weighted by Gasteiger charge is 2.29. The Balaban J connectivity index is 1.71. The summed E-state index contributed by atoms with van der Waals surface area (Å²) in [7, 11) is 1.80. The van der Waals surface area contributed by atoms with Crippen LogP contribution in [0, 0.1) is 0 Å². The number of benzene rings is 1. The van der Waals surface area contributed by atoms with Crippen LogP contribution in [0.3, 0.4) is 0 Å². The third-order valence-corrected chi connectivity index (χ3v) is 4.74. The summed E-state index contributed by atoms with van der Waals surface area (Å²) in [5.74, 6) is 0. The van der Waals surface area contributed by atoms with E-state index in [0.29, 0.717) is 12.1 Å². The Morgan fingerprint density at radius 3 is 3.00 bits per heavy atom. The van der Waals surface area contributed by atoms with Gasteiger partial charge < -0.3 is 10.1 Å². The van der Waals surface area contributed by atoms with Gasteiger partial charge in [0.05, 0.1) is 6.61 Å². The second-order valence-electron chi connectivity index (χ2n) is 6.03. The molecule has 1 aromatic rings. The van der Waals surface area contributed by atoms with E-state index in [1.807, 2.05) is 0 Å². The van der Waals surface area contributed by atoms with Gasteiger partial charge in [0, 0.05) is 32.3 Å². The van der Waals surface area contributed by atoms with Gasteiger partial charge in [0.1, 0.15) is 0 Å². The highest BCUT2D eigenvalue weighted by atomic mass is 16.5. The summed E-state index contributed by atoms with van der Waals surface area (Å²) in [6.45, 7) is 4.20. The van der Waals surface area contributed by atoms with E-state index in [1.165, 1.54) is 32.2 Å². The van der Waals surface area contributed by atoms with Crippen LogP contribution in [0.5, 0.6) is 0 Å². The van der Waals surface area contributed by atoms with E-state index < -0.39 is 0 Å². The van der Waals surface area contributed by atoms with Crippen molar-refractivity contribution in [1.29, 1.82) is 0 Å². The molecule has 1 saturated heterocycles. The average Bonchev–Trinajstić information content (AvgIpc) is 3.12. The molecule has 110 valence electrons. The Labute approximate surface area is 122 Å². The Hall–Kier alpha value is -0.900. The fourth-order valence-electron chi connectivity index (χ4n) is 3.69. The molecule has 3 nitrogen and oxygen atoms in total. The second-order valence-corrected chi connectivity index (χ2v) is 6.03. The van der Waals surface area contributed by atoms with E-state index in [0.717, 1.165) is 19.7 Å². The van der Waals surface area contributed by atoms with Crippen LogP contribution >= 0.6 is 0 Å². The van der Waals surface area contributed by atoms with Gasteiger partial charge in [0.25, 0.3) is 0 Å². The topological polar surface area (TPSA) is 24.5 Å². The van der Waals surface area contributed by atoms with Crippen molar-refractivity contribution in [1.82, 2.24) is 10.2 Å². The SMILES string of the molecule is COCCN(CC1CCCN1)C1CCc2ccccc21. The maximum absolute atomic E-state index is 5.32. The molecule has 2 aliphatic rings. The number of nitrogens with one attached hydrogen (secondary N) is 1. The lowest BCUT2D eigenvalue weighted by molar-refractivity contribution is 0.112. The molecule has 3 heteroatoms. The van der Waals surface area contributed by atoms with Crippen molar-refractivity contribution < 1.29 is 4.74 Å². The maximum atomic E-state index is 5.32. The van der Waals surface area contributed by atoms with Crippen molar-refractivity contribution >= 4 is 0 Å². The van der Waals surface area contributed by atoms with Crippen molar-refractivity contribution in [3.63, 3.8) is 0 Å². The monoisotopic (exact) mass is 274 g/mol. The first kappa shape index (κ1) is 14.1. The van der Waals surface area contributed by atoms with Gasteiger partial charge >= 0.3 is 0 Å². The fraction of sp³-hybridized carbons (Fsp3) is 0.647. The lowest BCUT2D eigenvalue weighted by atomic mass is 10.1. The molecule has 0 bridgehead atoms. The van der Waals surface area contributed by atoms with Gasteiger partial charge in [-0.3, -0.25) is 4.90 Å². The molecule has 1 fully saturated rings. The molecule has 1 aromatic carbocycles. The lowest BCUT2D eigenvalue weighted by Gasteiger charge is -2.31. The molecule has 0 radical (unpaired) electrons. The Bertz CT molecular complexity index is 429. The number of aryl methyl sites for hydroxylation is 1. The number of fused-ring (bicyclic) bond motifs is 1. The van der Waals surface area contributed by atoms with Crippen molar-refractivity contribution in [2.75, 3.05) is 33.4 Å². The molecule has 1 aliphatic heterocycles. The van der Waals surface area contributed by atoms with Crippen LogP contribution < -0.4 is 5.32 Å². The minimum atomic E-state index is 0.587. The zero-order valence-corrected chi connectivity index (χ0v) is 12.5. The molecule has 0 aromatic heterocycles. The fourth-order valence-corrected chi connectivity index (χ4v) is 3.69. The summed E-state index contributed by atoms with van der Waals surface area (Å²) in [6.07, 6.45) is 5.13. The summed E-state index contributed by atoms with van der Waals surface area (Å²) in [4.78, 5) is 2.64. The maximum Gasteiger partial charge on any atom is 0.0589 e. The molecular weight excluding hydrogens is 248 g/mol. The van der Waals surface area contributed by atoms with E-state index in [-0.39, 0.29) is 0 Å². The predicted molar refractivity (Wildman–Crippen MR) is 82.0 cm³/mol. The third kappa shape index (κ3) is 3.05. The van der Waals surface area contributed by atoms with Crippen LogP contribution in [0.2, 0.25) is 0 Å². The van der Waals surface area contributed by atoms with Crippen molar-refractivity contribution in [2.45, 2.75) is 37.8 Å². The van der Waals surface area contributed by atoms with E-state index in [2.05, 4.69) is 34.5 Å². The molecule has 3 rings (SSSR count). The Kier molecular flexibility index (Phi) is 4.71. The van der Waals surface area contributed by atoms with Crippen LogP contribution in [0.4, 0.5) is 0 Å². The second kappa shape index (κ2) is 6.70. The summed E-state index contributed by atoms with van der Waals surface area (Å²) in [5, 5.41) is 3.63. The first-order valence-corrected chi connectivity index (χ1v) is 7.92. The van der Waals surface area contributed by atoms with E-state index in [1.54, 1.807) is 18.2 Å². The third-order valence-electron chi connectivity index (χ3n) is 4.74. The quantitative estimate of drug-likeness (QED) is 0.862. The Morgan fingerprint density at radius 1 is 1.30 bits per heavy atom. The number of hydrogen-bond donors (Lipinski definition) is 1. The highest BCUT2D eigenvalue weighted by Crippen LogP contribution is 2.35. The molecular formula is C17H26N2O. The molecule has 0 saturated carbocycles. The number of nitrogens with zero attached hydrogens (tertiary/aromatic N) is 1. The summed E-state index contributed by atoms with van der Waals surface area (Å²) < 4.78 is 5.32. The standard InChI is InChI=1S/C17H26N2O/c1-20-12-11-19(13-15-6-4-10-18-15)17-9-8-14-5-2-3-7-16(14)17/h2-3,5,7,15,17-18H,4,6,8-13H2,1H3. The highest BCUT2D eigenvalue weighted by molar-refractivity contribution is 5.34. The molecule has 20 heavy (non-hydrogen) atoms. The van der Waals surface area contributed by atoms with Gasteiger partial charge in [-0.25, -0.2) is 0 Å². The van der Waals surface area contributed by atoms with E-state index >= 15 is 0 Å². The number of rotatable bonds is 6. The Morgan fingerprint density at radius 2 is 2.20 bits per heavy atom. The van der Waals surface area contributed by atoms with Gasteiger partial charge in [0.2, 0.25) is 0 Å². The zero-order valence-electron chi connectivity index (χ0n) is 12.5. The van der Waals surface area contributed by atoms with E-state index in [4.69, 9.17) is 4.74 Å². The largest absolute Gasteiger partial charge is 0.383 e. The van der Waals surface area contributed by atoms with Gasteiger partial charge in [0.15, 0.2) is 0 Å². The van der Waals surface area contributed by atoms with Gasteiger partial charge in [-0.15, -0.1) is 0 Å². The van der Waals surface area contributed by atoms with E-state index in [9.17, 15) is 0 Å². The predicted octanol–water partition coefficient (Wildman–Crippen LogP) is 2.37. The first-order valence-electron chi connectivity index (χ1n) is 7.92. The smallest absolute Gasteiger partial charge is 0.0589 e. The van der Waals surface area contributed by atoms with Gasteiger partial charge in [-0.05, 0) is 43.4 Å². The molecule has 2 unspecified atom stereocenters. The normalized spacial score (nSPS) is 25.3. The first-order chi connectivity index (χ1) is 9.88.